The number of hydrogen-bond acceptors (Lipinski definition) is 3. The van der Waals surface area contributed by atoms with Crippen molar-refractivity contribution in [3.8, 4) is 0 Å². The van der Waals surface area contributed by atoms with Crippen molar-refractivity contribution >= 4 is 15.3 Å². The fourth-order valence-corrected chi connectivity index (χ4v) is 2.91. The first-order valence-corrected chi connectivity index (χ1v) is 7.39. The Morgan fingerprint density at radius 1 is 1.20 bits per heavy atom. The third kappa shape index (κ3) is 2.60. The molecular weight excluding hydrogens is 274 g/mol. The van der Waals surface area contributed by atoms with E-state index in [2.05, 4.69) is 0 Å². The minimum Gasteiger partial charge on any atom is -0.621 e. The molecule has 0 spiro atoms. The van der Waals surface area contributed by atoms with Gasteiger partial charge < -0.3 is 5.21 Å². The zero-order valence-corrected chi connectivity index (χ0v) is 12.6. The van der Waals surface area contributed by atoms with Gasteiger partial charge >= 0.3 is 0 Å². The number of aryl methyl sites for hydroxylation is 2. The van der Waals surface area contributed by atoms with E-state index in [1.165, 1.54) is 6.08 Å². The van der Waals surface area contributed by atoms with E-state index in [4.69, 9.17) is 0 Å². The van der Waals surface area contributed by atoms with E-state index < -0.39 is 14.9 Å². The predicted molar refractivity (Wildman–Crippen MR) is 80.1 cm³/mol. The molecule has 0 radical (unpaired) electrons. The number of quaternary nitrogens is 1. The van der Waals surface area contributed by atoms with Gasteiger partial charge in [0.2, 0.25) is 0 Å². The van der Waals surface area contributed by atoms with Crippen LogP contribution in [0.4, 0.5) is 0 Å². The summed E-state index contributed by atoms with van der Waals surface area (Å²) in [6.07, 6.45) is 4.63. The number of hydroxylamine groups is 3. The van der Waals surface area contributed by atoms with Crippen LogP contribution in [-0.4, -0.2) is 18.1 Å². The molecule has 0 saturated heterocycles. The fraction of sp³-hybridized carbons (Fsp3) is 0.267. The molecule has 4 nitrogen and oxygen atoms in total. The van der Waals surface area contributed by atoms with Crippen LogP contribution >= 0.6 is 0 Å². The Labute approximate surface area is 120 Å². The second-order valence-electron chi connectivity index (χ2n) is 5.07. The molecule has 2 rings (SSSR count). The highest BCUT2D eigenvalue weighted by molar-refractivity contribution is 7.72. The van der Waals surface area contributed by atoms with Crippen molar-refractivity contribution in [2.45, 2.75) is 27.3 Å². The van der Waals surface area contributed by atoms with Crippen molar-refractivity contribution < 1.29 is 13.1 Å². The molecule has 0 amide bonds. The number of nitrogens with zero attached hydrogens (tertiary/aromatic N) is 1. The quantitative estimate of drug-likeness (QED) is 0.478. The number of allylic oxidation sites excluding steroid dienone is 3. The zero-order valence-electron chi connectivity index (χ0n) is 11.8. The first-order valence-electron chi connectivity index (χ1n) is 6.32. The van der Waals surface area contributed by atoms with Gasteiger partial charge in [-0.25, -0.2) is 0 Å². The summed E-state index contributed by atoms with van der Waals surface area (Å²) in [6.45, 7) is 5.62. The summed E-state index contributed by atoms with van der Waals surface area (Å²) in [5.41, 5.74) is 3.37. The zero-order chi connectivity index (χ0) is 14.9. The summed E-state index contributed by atoms with van der Waals surface area (Å²) in [5, 5.41) is 13.0. The molecule has 5 heteroatoms. The first kappa shape index (κ1) is 14.7. The van der Waals surface area contributed by atoms with E-state index >= 15 is 0 Å². The van der Waals surface area contributed by atoms with E-state index in [1.807, 2.05) is 32.0 Å². The Hall–Kier alpha value is -1.69. The van der Waals surface area contributed by atoms with Gasteiger partial charge in [0.25, 0.3) is 15.3 Å². The molecule has 1 atom stereocenters. The molecule has 1 unspecified atom stereocenters. The first-order chi connectivity index (χ1) is 9.34. The molecule has 1 aliphatic rings. The summed E-state index contributed by atoms with van der Waals surface area (Å²) in [5.74, 6) is 0. The van der Waals surface area contributed by atoms with Gasteiger partial charge in [-0.1, -0.05) is 23.8 Å². The van der Waals surface area contributed by atoms with E-state index in [0.29, 0.717) is 5.70 Å². The van der Waals surface area contributed by atoms with Crippen LogP contribution < -0.4 is 0 Å². The molecule has 1 aromatic rings. The monoisotopic (exact) mass is 291 g/mol. The van der Waals surface area contributed by atoms with Crippen molar-refractivity contribution in [3.63, 3.8) is 0 Å². The number of hydrogen-bond donors (Lipinski definition) is 0. The molecule has 0 saturated carbocycles. The van der Waals surface area contributed by atoms with Gasteiger partial charge in [0.15, 0.2) is 0 Å². The Balaban J connectivity index is 2.54. The van der Waals surface area contributed by atoms with Gasteiger partial charge in [-0.05, 0) is 31.6 Å². The summed E-state index contributed by atoms with van der Waals surface area (Å²) >= 11 is 0. The normalized spacial score (nSPS) is 21.8. The van der Waals surface area contributed by atoms with Gasteiger partial charge in [-0.3, -0.25) is 4.65 Å². The highest BCUT2D eigenvalue weighted by atomic mass is 32.2. The third-order valence-electron chi connectivity index (χ3n) is 3.57. The van der Waals surface area contributed by atoms with E-state index in [1.54, 1.807) is 19.1 Å². The van der Waals surface area contributed by atoms with Crippen molar-refractivity contribution in [2.24, 2.45) is 0 Å². The van der Waals surface area contributed by atoms with Gasteiger partial charge in [-0.2, -0.15) is 8.42 Å². The molecular formula is C15H17NO3S. The summed E-state index contributed by atoms with van der Waals surface area (Å²) in [4.78, 5) is -0.147. The predicted octanol–water partition coefficient (Wildman–Crippen LogP) is 2.60. The summed E-state index contributed by atoms with van der Waals surface area (Å²) < 4.78 is 21.7. The molecule has 1 aliphatic heterocycles. The van der Waals surface area contributed by atoms with Gasteiger partial charge in [-0.15, -0.1) is 0 Å². The Bertz CT molecular complexity index is 736. The average Bonchev–Trinajstić information content (AvgIpc) is 2.37. The van der Waals surface area contributed by atoms with Crippen LogP contribution in [0.25, 0.3) is 0 Å². The lowest BCUT2D eigenvalue weighted by atomic mass is 10.0. The minimum atomic E-state index is -2.53. The molecule has 0 aromatic heterocycles. The summed E-state index contributed by atoms with van der Waals surface area (Å²) in [7, 11) is -2.53. The van der Waals surface area contributed by atoms with Crippen LogP contribution in [0.1, 0.15) is 23.6 Å². The standard InChI is InChI=1S/C15H17NO3S/c1-11-7-8-12(2)14(9-11)10-16(17)13(3)5-4-6-15(16)20(18)19/h4-9H,10H2,1-3H3. The van der Waals surface area contributed by atoms with Crippen molar-refractivity contribution in [1.82, 2.24) is 0 Å². The lowest BCUT2D eigenvalue weighted by Gasteiger charge is -2.42. The largest absolute Gasteiger partial charge is 0.621 e. The second-order valence-corrected chi connectivity index (χ2v) is 5.96. The fourth-order valence-electron chi connectivity index (χ4n) is 2.27. The average molecular weight is 291 g/mol. The lowest BCUT2D eigenvalue weighted by Crippen LogP contribution is -2.46. The van der Waals surface area contributed by atoms with Crippen molar-refractivity contribution in [3.05, 3.63) is 64.0 Å². The van der Waals surface area contributed by atoms with Crippen molar-refractivity contribution in [2.75, 3.05) is 0 Å². The molecule has 0 aliphatic carbocycles. The molecule has 0 bridgehead atoms. The van der Waals surface area contributed by atoms with Gasteiger partial charge in [0, 0.05) is 18.6 Å². The van der Waals surface area contributed by atoms with Crippen LogP contribution in [0, 0.1) is 19.1 Å². The Morgan fingerprint density at radius 3 is 2.55 bits per heavy atom. The number of benzene rings is 1. The maximum absolute atomic E-state index is 13.0. The van der Waals surface area contributed by atoms with Crippen LogP contribution in [0.15, 0.2) is 42.1 Å². The van der Waals surface area contributed by atoms with Gasteiger partial charge in [0.1, 0.15) is 12.2 Å². The smallest absolute Gasteiger partial charge is 0.277 e. The topological polar surface area (TPSA) is 57.2 Å². The maximum Gasteiger partial charge on any atom is 0.277 e. The number of rotatable bonds is 2. The van der Waals surface area contributed by atoms with E-state index in [-0.39, 0.29) is 11.5 Å². The van der Waals surface area contributed by atoms with Crippen molar-refractivity contribution in [1.29, 1.82) is 0 Å². The molecule has 20 heavy (non-hydrogen) atoms. The molecule has 1 aromatic carbocycles. The third-order valence-corrected chi connectivity index (χ3v) is 4.34. The SMILES string of the molecule is CC1=CC=CC(=S(=O)=O)[N+]1([O-])Cc1cc(C)ccc1C. The maximum atomic E-state index is 13.0. The molecule has 0 fully saturated rings. The Morgan fingerprint density at radius 2 is 1.90 bits per heavy atom. The molecule has 106 valence electrons. The minimum absolute atomic E-state index is 0.0868. The lowest BCUT2D eigenvalue weighted by molar-refractivity contribution is -0.759. The summed E-state index contributed by atoms with van der Waals surface area (Å²) in [6, 6.07) is 5.86. The molecule has 0 N–H and O–H groups in total. The van der Waals surface area contributed by atoms with E-state index in [9.17, 15) is 13.6 Å². The van der Waals surface area contributed by atoms with Crippen LogP contribution in [0.2, 0.25) is 0 Å². The highest BCUT2D eigenvalue weighted by Crippen LogP contribution is 2.27. The Kier molecular flexibility index (Phi) is 3.94. The van der Waals surface area contributed by atoms with Gasteiger partial charge in [0.05, 0.1) is 0 Å². The second kappa shape index (κ2) is 5.36. The van der Waals surface area contributed by atoms with E-state index in [0.717, 1.165) is 16.7 Å². The highest BCUT2D eigenvalue weighted by Gasteiger charge is 2.30. The molecule has 1 heterocycles. The van der Waals surface area contributed by atoms with Crippen LogP contribution in [0.3, 0.4) is 0 Å². The van der Waals surface area contributed by atoms with Crippen LogP contribution in [0.5, 0.6) is 0 Å². The van der Waals surface area contributed by atoms with Crippen LogP contribution in [-0.2, 0) is 16.8 Å².